The number of piperidine rings is 1. The Kier molecular flexibility index (Phi) is 7.24. The first-order valence-corrected chi connectivity index (χ1v) is 11.2. The minimum Gasteiger partial charge on any atom is -0.497 e. The van der Waals surface area contributed by atoms with Crippen molar-refractivity contribution in [3.05, 3.63) is 54.3 Å². The molecule has 0 aliphatic carbocycles. The molecular formula is C21H24FN3O5S. The van der Waals surface area contributed by atoms with E-state index in [1.54, 1.807) is 12.1 Å². The van der Waals surface area contributed by atoms with Gasteiger partial charge in [0.05, 0.1) is 24.5 Å². The number of methoxy groups -OCH3 is 1. The van der Waals surface area contributed by atoms with Crippen molar-refractivity contribution in [1.82, 2.24) is 9.62 Å². The van der Waals surface area contributed by atoms with Gasteiger partial charge in [-0.25, -0.2) is 12.8 Å². The number of nitrogens with one attached hydrogen (secondary N) is 2. The molecule has 2 aromatic carbocycles. The van der Waals surface area contributed by atoms with Crippen molar-refractivity contribution in [1.29, 1.82) is 0 Å². The standard InChI is InChI=1S/C21H24FN3O5S/c1-30-18-7-9-19(10-8-18)31(28,29)25-11-3-4-15(14-25)21(27)23-13-20(26)24-17-6-2-5-16(22)12-17/h2,5-10,12,15H,3-4,11,13-14H2,1H3,(H,23,27)(H,24,26). The van der Waals surface area contributed by atoms with Crippen LogP contribution in [0.2, 0.25) is 0 Å². The van der Waals surface area contributed by atoms with E-state index in [0.29, 0.717) is 25.1 Å². The van der Waals surface area contributed by atoms with Gasteiger partial charge in [-0.2, -0.15) is 4.31 Å². The Hall–Kier alpha value is -2.98. The van der Waals surface area contributed by atoms with Crippen molar-refractivity contribution in [2.75, 3.05) is 32.1 Å². The molecule has 0 bridgehead atoms. The summed E-state index contributed by atoms with van der Waals surface area (Å²) in [5.74, 6) is -1.40. The smallest absolute Gasteiger partial charge is 0.243 e. The quantitative estimate of drug-likeness (QED) is 0.673. The van der Waals surface area contributed by atoms with E-state index >= 15 is 0 Å². The molecule has 0 saturated carbocycles. The minimum absolute atomic E-state index is 0.0334. The van der Waals surface area contributed by atoms with Gasteiger partial charge in [-0.05, 0) is 55.3 Å². The molecule has 2 N–H and O–H groups in total. The number of ether oxygens (including phenoxy) is 1. The van der Waals surface area contributed by atoms with E-state index in [1.807, 2.05) is 0 Å². The summed E-state index contributed by atoms with van der Waals surface area (Å²) in [6, 6.07) is 11.5. The van der Waals surface area contributed by atoms with Crippen LogP contribution in [-0.2, 0) is 19.6 Å². The van der Waals surface area contributed by atoms with E-state index in [4.69, 9.17) is 4.74 Å². The number of carbonyl (C=O) groups excluding carboxylic acids is 2. The molecule has 166 valence electrons. The fraction of sp³-hybridized carbons (Fsp3) is 0.333. The lowest BCUT2D eigenvalue weighted by Gasteiger charge is -2.31. The zero-order valence-electron chi connectivity index (χ0n) is 17.0. The number of amides is 2. The van der Waals surface area contributed by atoms with Crippen LogP contribution in [-0.4, -0.2) is 51.3 Å². The van der Waals surface area contributed by atoms with E-state index in [9.17, 15) is 22.4 Å². The summed E-state index contributed by atoms with van der Waals surface area (Å²) < 4.78 is 45.3. The molecule has 1 saturated heterocycles. The average molecular weight is 450 g/mol. The lowest BCUT2D eigenvalue weighted by Crippen LogP contribution is -2.46. The molecule has 1 atom stereocenters. The number of hydrogen-bond donors (Lipinski definition) is 2. The highest BCUT2D eigenvalue weighted by Gasteiger charge is 2.33. The number of hydrogen-bond acceptors (Lipinski definition) is 5. The van der Waals surface area contributed by atoms with E-state index in [0.717, 1.165) is 0 Å². The van der Waals surface area contributed by atoms with Crippen LogP contribution in [0.5, 0.6) is 5.75 Å². The summed E-state index contributed by atoms with van der Waals surface area (Å²) in [6.45, 7) is 0.0565. The fourth-order valence-electron chi connectivity index (χ4n) is 3.35. The summed E-state index contributed by atoms with van der Waals surface area (Å²) in [5, 5.41) is 5.03. The summed E-state index contributed by atoms with van der Waals surface area (Å²) in [5.41, 5.74) is 0.286. The summed E-state index contributed by atoms with van der Waals surface area (Å²) in [7, 11) is -2.25. The normalized spacial score (nSPS) is 17.0. The lowest BCUT2D eigenvalue weighted by atomic mass is 9.99. The topological polar surface area (TPSA) is 105 Å². The fourth-order valence-corrected chi connectivity index (χ4v) is 4.88. The van der Waals surface area contributed by atoms with E-state index in [-0.39, 0.29) is 23.7 Å². The van der Waals surface area contributed by atoms with E-state index < -0.39 is 33.6 Å². The largest absolute Gasteiger partial charge is 0.497 e. The predicted octanol–water partition coefficient (Wildman–Crippen LogP) is 1.99. The van der Waals surface area contributed by atoms with Crippen molar-refractivity contribution in [2.45, 2.75) is 17.7 Å². The molecule has 2 amide bonds. The molecule has 1 aliphatic heterocycles. The third-order valence-electron chi connectivity index (χ3n) is 4.98. The van der Waals surface area contributed by atoms with Crippen LogP contribution in [0.15, 0.2) is 53.4 Å². The van der Waals surface area contributed by atoms with Gasteiger partial charge in [0, 0.05) is 18.8 Å². The average Bonchev–Trinajstić information content (AvgIpc) is 2.77. The minimum atomic E-state index is -3.75. The molecule has 10 heteroatoms. The second-order valence-corrected chi connectivity index (χ2v) is 9.09. The Labute approximate surface area is 180 Å². The van der Waals surface area contributed by atoms with Crippen LogP contribution in [0.25, 0.3) is 0 Å². The Bertz CT molecular complexity index is 1040. The SMILES string of the molecule is COc1ccc(S(=O)(=O)N2CCCC(C(=O)NCC(=O)Nc3cccc(F)c3)C2)cc1. The van der Waals surface area contributed by atoms with E-state index in [2.05, 4.69) is 10.6 Å². The molecular weight excluding hydrogens is 425 g/mol. The van der Waals surface area contributed by atoms with Crippen LogP contribution in [0.4, 0.5) is 10.1 Å². The second kappa shape index (κ2) is 9.88. The second-order valence-electron chi connectivity index (χ2n) is 7.15. The number of anilines is 1. The van der Waals surface area contributed by atoms with Crippen molar-refractivity contribution >= 4 is 27.5 Å². The molecule has 31 heavy (non-hydrogen) atoms. The molecule has 8 nitrogen and oxygen atoms in total. The number of sulfonamides is 1. The van der Waals surface area contributed by atoms with Gasteiger partial charge < -0.3 is 15.4 Å². The molecule has 0 aromatic heterocycles. The Morgan fingerprint density at radius 1 is 1.19 bits per heavy atom. The zero-order chi connectivity index (χ0) is 22.4. The third kappa shape index (κ3) is 5.80. The van der Waals surface area contributed by atoms with Crippen LogP contribution >= 0.6 is 0 Å². The summed E-state index contributed by atoms with van der Waals surface area (Å²) in [4.78, 5) is 24.6. The summed E-state index contributed by atoms with van der Waals surface area (Å²) in [6.07, 6.45) is 1.05. The molecule has 0 spiro atoms. The third-order valence-corrected chi connectivity index (χ3v) is 6.86. The van der Waals surface area contributed by atoms with Crippen LogP contribution in [0.3, 0.4) is 0 Å². The highest BCUT2D eigenvalue weighted by Crippen LogP contribution is 2.25. The van der Waals surface area contributed by atoms with Gasteiger partial charge in [0.15, 0.2) is 0 Å². The zero-order valence-corrected chi connectivity index (χ0v) is 17.8. The number of benzene rings is 2. The van der Waals surface area contributed by atoms with Gasteiger partial charge >= 0.3 is 0 Å². The first-order valence-electron chi connectivity index (χ1n) is 9.77. The molecule has 1 aliphatic rings. The first kappa shape index (κ1) is 22.7. The summed E-state index contributed by atoms with van der Waals surface area (Å²) >= 11 is 0. The first-order chi connectivity index (χ1) is 14.8. The number of nitrogens with zero attached hydrogens (tertiary/aromatic N) is 1. The van der Waals surface area contributed by atoms with Crippen molar-refractivity contribution in [2.24, 2.45) is 5.92 Å². The van der Waals surface area contributed by atoms with Gasteiger partial charge in [0.25, 0.3) is 0 Å². The maximum absolute atomic E-state index is 13.2. The van der Waals surface area contributed by atoms with Crippen molar-refractivity contribution in [3.63, 3.8) is 0 Å². The van der Waals surface area contributed by atoms with Gasteiger partial charge in [-0.1, -0.05) is 6.07 Å². The van der Waals surface area contributed by atoms with Gasteiger partial charge in [0.2, 0.25) is 21.8 Å². The maximum atomic E-state index is 13.2. The maximum Gasteiger partial charge on any atom is 0.243 e. The Morgan fingerprint density at radius 2 is 1.94 bits per heavy atom. The molecule has 1 fully saturated rings. The molecule has 1 unspecified atom stereocenters. The van der Waals surface area contributed by atoms with E-state index in [1.165, 1.54) is 47.8 Å². The number of carbonyl (C=O) groups is 2. The highest BCUT2D eigenvalue weighted by atomic mass is 32.2. The molecule has 1 heterocycles. The van der Waals surface area contributed by atoms with Gasteiger partial charge in [-0.15, -0.1) is 0 Å². The van der Waals surface area contributed by atoms with Crippen molar-refractivity contribution < 1.29 is 27.1 Å². The highest BCUT2D eigenvalue weighted by molar-refractivity contribution is 7.89. The van der Waals surface area contributed by atoms with Crippen LogP contribution < -0.4 is 15.4 Å². The van der Waals surface area contributed by atoms with Crippen molar-refractivity contribution in [3.8, 4) is 5.75 Å². The van der Waals surface area contributed by atoms with Crippen LogP contribution in [0, 0.1) is 11.7 Å². The molecule has 0 radical (unpaired) electrons. The number of rotatable bonds is 7. The molecule has 2 aromatic rings. The number of halogens is 1. The predicted molar refractivity (Wildman–Crippen MR) is 113 cm³/mol. The van der Waals surface area contributed by atoms with Gasteiger partial charge in [0.1, 0.15) is 11.6 Å². The lowest BCUT2D eigenvalue weighted by molar-refractivity contribution is -0.128. The van der Waals surface area contributed by atoms with Gasteiger partial charge in [-0.3, -0.25) is 9.59 Å². The van der Waals surface area contributed by atoms with Crippen LogP contribution in [0.1, 0.15) is 12.8 Å². The Morgan fingerprint density at radius 3 is 2.61 bits per heavy atom. The monoisotopic (exact) mass is 449 g/mol. The Balaban J connectivity index is 1.56. The molecule has 3 rings (SSSR count).